The second-order valence-corrected chi connectivity index (χ2v) is 5.11. The lowest BCUT2D eigenvalue weighted by molar-refractivity contribution is 0.0699. The number of methoxy groups -OCH3 is 1. The molecular weight excluding hydrogens is 282 g/mol. The highest BCUT2D eigenvalue weighted by molar-refractivity contribution is 9.10. The molecule has 94 valence electrons. The van der Waals surface area contributed by atoms with Gasteiger partial charge in [0.15, 0.2) is 0 Å². The van der Waals surface area contributed by atoms with E-state index in [9.17, 15) is 0 Å². The van der Waals surface area contributed by atoms with Gasteiger partial charge in [0, 0.05) is 23.7 Å². The standard InChI is InChI=1S/C13H18BrNO2/c1-16-12-4-5-13(14)10(7-12)8-15-11-3-2-6-17-9-11/h4-5,7,11,15H,2-3,6,8-9H2,1H3. The molecule has 1 atom stereocenters. The van der Waals surface area contributed by atoms with Crippen LogP contribution in [0.2, 0.25) is 0 Å². The Labute approximate surface area is 111 Å². The fourth-order valence-electron chi connectivity index (χ4n) is 1.97. The zero-order valence-electron chi connectivity index (χ0n) is 10.0. The molecule has 1 aliphatic heterocycles. The molecular formula is C13H18BrNO2. The fraction of sp³-hybridized carbons (Fsp3) is 0.538. The van der Waals surface area contributed by atoms with Crippen LogP contribution in [0.4, 0.5) is 0 Å². The Hall–Kier alpha value is -0.580. The molecule has 3 nitrogen and oxygen atoms in total. The van der Waals surface area contributed by atoms with Gasteiger partial charge in [0.05, 0.1) is 13.7 Å². The number of nitrogens with one attached hydrogen (secondary N) is 1. The van der Waals surface area contributed by atoms with Crippen LogP contribution >= 0.6 is 15.9 Å². The average molecular weight is 300 g/mol. The van der Waals surface area contributed by atoms with Crippen LogP contribution in [0, 0.1) is 0 Å². The van der Waals surface area contributed by atoms with Gasteiger partial charge >= 0.3 is 0 Å². The van der Waals surface area contributed by atoms with Crippen molar-refractivity contribution in [2.75, 3.05) is 20.3 Å². The fourth-order valence-corrected chi connectivity index (χ4v) is 2.36. The van der Waals surface area contributed by atoms with Gasteiger partial charge in [-0.3, -0.25) is 0 Å². The monoisotopic (exact) mass is 299 g/mol. The van der Waals surface area contributed by atoms with Gasteiger partial charge in [-0.15, -0.1) is 0 Å². The number of hydrogen-bond acceptors (Lipinski definition) is 3. The largest absolute Gasteiger partial charge is 0.497 e. The van der Waals surface area contributed by atoms with Crippen molar-refractivity contribution in [3.63, 3.8) is 0 Å². The van der Waals surface area contributed by atoms with E-state index in [1.807, 2.05) is 12.1 Å². The molecule has 1 fully saturated rings. The van der Waals surface area contributed by atoms with Gasteiger partial charge in [-0.25, -0.2) is 0 Å². The quantitative estimate of drug-likeness (QED) is 0.927. The summed E-state index contributed by atoms with van der Waals surface area (Å²) in [6, 6.07) is 6.51. The molecule has 0 radical (unpaired) electrons. The Balaban J connectivity index is 1.92. The van der Waals surface area contributed by atoms with Crippen LogP contribution in [-0.2, 0) is 11.3 Å². The molecule has 0 aromatic heterocycles. The van der Waals surface area contributed by atoms with E-state index in [1.165, 1.54) is 12.0 Å². The third-order valence-corrected chi connectivity index (χ3v) is 3.77. The lowest BCUT2D eigenvalue weighted by Gasteiger charge is -2.23. The molecule has 1 unspecified atom stereocenters. The Morgan fingerprint density at radius 2 is 2.41 bits per heavy atom. The number of rotatable bonds is 4. The SMILES string of the molecule is COc1ccc(Br)c(CNC2CCCOC2)c1. The summed E-state index contributed by atoms with van der Waals surface area (Å²) in [7, 11) is 1.69. The van der Waals surface area contributed by atoms with Crippen molar-refractivity contribution in [2.45, 2.75) is 25.4 Å². The third-order valence-electron chi connectivity index (χ3n) is 2.99. The molecule has 0 spiro atoms. The second-order valence-electron chi connectivity index (χ2n) is 4.25. The van der Waals surface area contributed by atoms with Crippen LogP contribution in [0.5, 0.6) is 5.75 Å². The molecule has 1 saturated heterocycles. The van der Waals surface area contributed by atoms with Crippen LogP contribution in [0.25, 0.3) is 0 Å². The summed E-state index contributed by atoms with van der Waals surface area (Å²) in [5.74, 6) is 0.893. The molecule has 1 N–H and O–H groups in total. The minimum absolute atomic E-state index is 0.474. The number of hydrogen-bond donors (Lipinski definition) is 1. The molecule has 0 aliphatic carbocycles. The Kier molecular flexibility index (Phi) is 4.83. The molecule has 4 heteroatoms. The van der Waals surface area contributed by atoms with E-state index in [0.29, 0.717) is 6.04 Å². The minimum atomic E-state index is 0.474. The molecule has 1 aromatic carbocycles. The number of benzene rings is 1. The van der Waals surface area contributed by atoms with E-state index in [4.69, 9.17) is 9.47 Å². The normalized spacial score (nSPS) is 20.2. The summed E-state index contributed by atoms with van der Waals surface area (Å²) in [5, 5.41) is 3.52. The van der Waals surface area contributed by atoms with Crippen LogP contribution in [0.3, 0.4) is 0 Å². The van der Waals surface area contributed by atoms with Crippen molar-refractivity contribution >= 4 is 15.9 Å². The molecule has 2 rings (SSSR count). The molecule has 1 aliphatic rings. The van der Waals surface area contributed by atoms with Crippen LogP contribution in [0.15, 0.2) is 22.7 Å². The molecule has 0 amide bonds. The zero-order valence-corrected chi connectivity index (χ0v) is 11.6. The summed E-state index contributed by atoms with van der Waals surface area (Å²) in [6.45, 7) is 2.56. The Morgan fingerprint density at radius 3 is 3.12 bits per heavy atom. The predicted molar refractivity (Wildman–Crippen MR) is 71.4 cm³/mol. The maximum absolute atomic E-state index is 5.45. The zero-order chi connectivity index (χ0) is 12.1. The van der Waals surface area contributed by atoms with Crippen LogP contribution in [0.1, 0.15) is 18.4 Å². The summed E-state index contributed by atoms with van der Waals surface area (Å²) in [5.41, 5.74) is 1.22. The first kappa shape index (κ1) is 12.9. The number of ether oxygens (including phenoxy) is 2. The van der Waals surface area contributed by atoms with Crippen molar-refractivity contribution in [3.05, 3.63) is 28.2 Å². The lowest BCUT2D eigenvalue weighted by atomic mass is 10.1. The highest BCUT2D eigenvalue weighted by Crippen LogP contribution is 2.22. The van der Waals surface area contributed by atoms with E-state index in [0.717, 1.165) is 36.4 Å². The van der Waals surface area contributed by atoms with Gasteiger partial charge in [-0.1, -0.05) is 15.9 Å². The maximum atomic E-state index is 5.45. The van der Waals surface area contributed by atoms with E-state index < -0.39 is 0 Å². The highest BCUT2D eigenvalue weighted by Gasteiger charge is 2.13. The number of halogens is 1. The van der Waals surface area contributed by atoms with Crippen molar-refractivity contribution < 1.29 is 9.47 Å². The van der Waals surface area contributed by atoms with Crippen molar-refractivity contribution in [2.24, 2.45) is 0 Å². The van der Waals surface area contributed by atoms with Gasteiger partial charge in [-0.05, 0) is 36.6 Å². The summed E-state index contributed by atoms with van der Waals surface area (Å²) in [4.78, 5) is 0. The molecule has 1 aromatic rings. The molecule has 1 heterocycles. The average Bonchev–Trinajstić information content (AvgIpc) is 2.39. The van der Waals surface area contributed by atoms with Gasteiger partial charge < -0.3 is 14.8 Å². The van der Waals surface area contributed by atoms with Crippen molar-refractivity contribution in [1.29, 1.82) is 0 Å². The van der Waals surface area contributed by atoms with Crippen molar-refractivity contribution in [1.82, 2.24) is 5.32 Å². The van der Waals surface area contributed by atoms with Crippen LogP contribution in [-0.4, -0.2) is 26.4 Å². The third kappa shape index (κ3) is 3.69. The van der Waals surface area contributed by atoms with E-state index >= 15 is 0 Å². The smallest absolute Gasteiger partial charge is 0.119 e. The topological polar surface area (TPSA) is 30.5 Å². The molecule has 0 bridgehead atoms. The van der Waals surface area contributed by atoms with Gasteiger partial charge in [-0.2, -0.15) is 0 Å². The van der Waals surface area contributed by atoms with Crippen LogP contribution < -0.4 is 10.1 Å². The van der Waals surface area contributed by atoms with Gasteiger partial charge in [0.25, 0.3) is 0 Å². The highest BCUT2D eigenvalue weighted by atomic mass is 79.9. The van der Waals surface area contributed by atoms with E-state index in [1.54, 1.807) is 7.11 Å². The Morgan fingerprint density at radius 1 is 1.53 bits per heavy atom. The van der Waals surface area contributed by atoms with Gasteiger partial charge in [0.2, 0.25) is 0 Å². The van der Waals surface area contributed by atoms with E-state index in [-0.39, 0.29) is 0 Å². The molecule has 17 heavy (non-hydrogen) atoms. The molecule has 0 saturated carbocycles. The van der Waals surface area contributed by atoms with Crippen molar-refractivity contribution in [3.8, 4) is 5.75 Å². The first-order chi connectivity index (χ1) is 8.29. The predicted octanol–water partition coefficient (Wildman–Crippen LogP) is 2.73. The Bertz CT molecular complexity index is 364. The summed E-state index contributed by atoms with van der Waals surface area (Å²) >= 11 is 3.56. The summed E-state index contributed by atoms with van der Waals surface area (Å²) < 4.78 is 11.8. The maximum Gasteiger partial charge on any atom is 0.119 e. The summed E-state index contributed by atoms with van der Waals surface area (Å²) in [6.07, 6.45) is 2.35. The second kappa shape index (κ2) is 6.38. The van der Waals surface area contributed by atoms with Gasteiger partial charge in [0.1, 0.15) is 5.75 Å². The lowest BCUT2D eigenvalue weighted by Crippen LogP contribution is -2.36. The first-order valence-corrected chi connectivity index (χ1v) is 6.72. The minimum Gasteiger partial charge on any atom is -0.497 e. The first-order valence-electron chi connectivity index (χ1n) is 5.93. The van der Waals surface area contributed by atoms with E-state index in [2.05, 4.69) is 27.3 Å².